The number of benzene rings is 1. The van der Waals surface area contributed by atoms with E-state index in [-0.39, 0.29) is 17.9 Å². The molecule has 2 aromatic rings. The quantitative estimate of drug-likeness (QED) is 0.395. The summed E-state index contributed by atoms with van der Waals surface area (Å²) < 4.78 is 9.85. The van der Waals surface area contributed by atoms with Gasteiger partial charge in [-0.15, -0.1) is 0 Å². The van der Waals surface area contributed by atoms with Gasteiger partial charge in [-0.1, -0.05) is 0 Å². The van der Waals surface area contributed by atoms with Gasteiger partial charge in [0.15, 0.2) is 0 Å². The summed E-state index contributed by atoms with van der Waals surface area (Å²) in [6.45, 7) is -0.0660. The van der Waals surface area contributed by atoms with Crippen LogP contribution in [0.25, 0.3) is 11.0 Å². The zero-order chi connectivity index (χ0) is 15.6. The first-order chi connectivity index (χ1) is 9.92. The SMILES string of the molecule is NC[C@@H](N)C(=O)Oc1ccc2cc(C(=O)O)c(=O)oc2c1. The normalized spacial score (nSPS) is 12.1. The molecule has 1 aromatic heterocycles. The molecule has 5 N–H and O–H groups in total. The van der Waals surface area contributed by atoms with Gasteiger partial charge in [-0.25, -0.2) is 14.4 Å². The van der Waals surface area contributed by atoms with E-state index in [1.54, 1.807) is 0 Å². The summed E-state index contributed by atoms with van der Waals surface area (Å²) in [4.78, 5) is 33.8. The highest BCUT2D eigenvalue weighted by atomic mass is 16.5. The van der Waals surface area contributed by atoms with Crippen LogP contribution in [0, 0.1) is 0 Å². The summed E-state index contributed by atoms with van der Waals surface area (Å²) in [5.41, 5.74) is 9.29. The van der Waals surface area contributed by atoms with Crippen molar-refractivity contribution in [2.75, 3.05) is 6.54 Å². The van der Waals surface area contributed by atoms with Crippen molar-refractivity contribution in [2.45, 2.75) is 6.04 Å². The van der Waals surface area contributed by atoms with Crippen LogP contribution in [-0.4, -0.2) is 29.6 Å². The van der Waals surface area contributed by atoms with E-state index in [1.165, 1.54) is 24.3 Å². The maximum atomic E-state index is 11.5. The average Bonchev–Trinajstić information content (AvgIpc) is 2.45. The minimum atomic E-state index is -1.38. The van der Waals surface area contributed by atoms with Gasteiger partial charge in [0.1, 0.15) is 22.9 Å². The van der Waals surface area contributed by atoms with Crippen molar-refractivity contribution in [3.8, 4) is 5.75 Å². The second-order valence-electron chi connectivity index (χ2n) is 4.22. The molecular formula is C13H12N2O6. The second-order valence-corrected chi connectivity index (χ2v) is 4.22. The summed E-state index contributed by atoms with van der Waals surface area (Å²) in [6, 6.07) is 4.41. The molecule has 0 saturated carbocycles. The Hall–Kier alpha value is -2.71. The molecule has 0 aliphatic heterocycles. The minimum Gasteiger partial charge on any atom is -0.477 e. The number of carboxylic acids is 1. The van der Waals surface area contributed by atoms with Gasteiger partial charge in [0.25, 0.3) is 0 Å². The predicted octanol–water partition coefficient (Wildman–Crippen LogP) is -0.317. The Labute approximate surface area is 117 Å². The molecule has 0 bridgehead atoms. The zero-order valence-electron chi connectivity index (χ0n) is 10.7. The molecule has 1 aromatic carbocycles. The fraction of sp³-hybridized carbons (Fsp3) is 0.154. The number of nitrogens with two attached hydrogens (primary N) is 2. The van der Waals surface area contributed by atoms with Gasteiger partial charge in [0, 0.05) is 18.0 Å². The number of aromatic carboxylic acids is 1. The molecule has 2 rings (SSSR count). The number of esters is 1. The Bertz CT molecular complexity index is 767. The van der Waals surface area contributed by atoms with Crippen LogP contribution in [0.2, 0.25) is 0 Å². The maximum absolute atomic E-state index is 11.5. The highest BCUT2D eigenvalue weighted by molar-refractivity contribution is 5.92. The van der Waals surface area contributed by atoms with Gasteiger partial charge >= 0.3 is 17.6 Å². The molecule has 0 spiro atoms. The lowest BCUT2D eigenvalue weighted by Gasteiger charge is -2.09. The molecule has 0 aliphatic carbocycles. The largest absolute Gasteiger partial charge is 0.477 e. The number of hydrogen-bond acceptors (Lipinski definition) is 7. The third-order valence-electron chi connectivity index (χ3n) is 2.71. The lowest BCUT2D eigenvalue weighted by molar-refractivity contribution is -0.135. The molecule has 0 saturated heterocycles. The molecule has 0 fully saturated rings. The topological polar surface area (TPSA) is 146 Å². The van der Waals surface area contributed by atoms with Crippen LogP contribution >= 0.6 is 0 Å². The van der Waals surface area contributed by atoms with Gasteiger partial charge in [0.2, 0.25) is 0 Å². The van der Waals surface area contributed by atoms with Crippen molar-refractivity contribution in [2.24, 2.45) is 11.5 Å². The molecule has 0 unspecified atom stereocenters. The number of carbonyl (C=O) groups is 2. The molecule has 0 radical (unpaired) electrons. The third-order valence-corrected chi connectivity index (χ3v) is 2.71. The van der Waals surface area contributed by atoms with E-state index in [0.29, 0.717) is 5.39 Å². The fourth-order valence-corrected chi connectivity index (χ4v) is 1.59. The number of carboxylic acid groups (broad SMARTS) is 1. The lowest BCUT2D eigenvalue weighted by atomic mass is 10.2. The molecule has 8 nitrogen and oxygen atoms in total. The van der Waals surface area contributed by atoms with Crippen LogP contribution in [0.4, 0.5) is 0 Å². The van der Waals surface area contributed by atoms with E-state index < -0.39 is 29.2 Å². The van der Waals surface area contributed by atoms with E-state index in [2.05, 4.69) is 0 Å². The molecule has 1 heterocycles. The van der Waals surface area contributed by atoms with E-state index in [1.807, 2.05) is 0 Å². The summed E-state index contributed by atoms with van der Waals surface area (Å²) in [5, 5.41) is 9.22. The Balaban J connectivity index is 2.39. The van der Waals surface area contributed by atoms with Crippen molar-refractivity contribution < 1.29 is 23.8 Å². The average molecular weight is 292 g/mol. The van der Waals surface area contributed by atoms with E-state index in [0.717, 1.165) is 0 Å². The monoisotopic (exact) mass is 292 g/mol. The summed E-state index contributed by atoms with van der Waals surface area (Å²) in [7, 11) is 0. The minimum absolute atomic E-state index is 0.0660. The van der Waals surface area contributed by atoms with Crippen LogP contribution in [0.3, 0.4) is 0 Å². The second kappa shape index (κ2) is 5.73. The number of ether oxygens (including phenoxy) is 1. The fourth-order valence-electron chi connectivity index (χ4n) is 1.59. The smallest absolute Gasteiger partial charge is 0.351 e. The van der Waals surface area contributed by atoms with Crippen LogP contribution in [0.15, 0.2) is 33.5 Å². The van der Waals surface area contributed by atoms with Crippen molar-refractivity contribution in [1.82, 2.24) is 0 Å². The maximum Gasteiger partial charge on any atom is 0.351 e. The first kappa shape index (κ1) is 14.7. The molecule has 21 heavy (non-hydrogen) atoms. The molecule has 8 heteroatoms. The number of carbonyl (C=O) groups excluding carboxylic acids is 1. The highest BCUT2D eigenvalue weighted by Gasteiger charge is 2.16. The Morgan fingerprint density at radius 2 is 2.05 bits per heavy atom. The van der Waals surface area contributed by atoms with Crippen LogP contribution < -0.4 is 21.8 Å². The van der Waals surface area contributed by atoms with Gasteiger partial charge in [-0.05, 0) is 18.2 Å². The number of fused-ring (bicyclic) bond motifs is 1. The van der Waals surface area contributed by atoms with E-state index in [9.17, 15) is 14.4 Å². The first-order valence-electron chi connectivity index (χ1n) is 5.91. The predicted molar refractivity (Wildman–Crippen MR) is 72.1 cm³/mol. The van der Waals surface area contributed by atoms with E-state index in [4.69, 9.17) is 25.7 Å². The molecule has 1 atom stereocenters. The summed E-state index contributed by atoms with van der Waals surface area (Å²) in [5.74, 6) is -1.99. The molecule has 110 valence electrons. The van der Waals surface area contributed by atoms with Crippen molar-refractivity contribution in [3.63, 3.8) is 0 Å². The molecule has 0 aliphatic rings. The lowest BCUT2D eigenvalue weighted by Crippen LogP contribution is -2.40. The number of rotatable bonds is 4. The first-order valence-corrected chi connectivity index (χ1v) is 5.91. The Kier molecular flexibility index (Phi) is 4.01. The highest BCUT2D eigenvalue weighted by Crippen LogP contribution is 2.20. The molecule has 0 amide bonds. The van der Waals surface area contributed by atoms with Crippen LogP contribution in [0.5, 0.6) is 5.75 Å². The molecular weight excluding hydrogens is 280 g/mol. The van der Waals surface area contributed by atoms with Crippen molar-refractivity contribution in [3.05, 3.63) is 40.2 Å². The van der Waals surface area contributed by atoms with Gasteiger partial charge in [-0.2, -0.15) is 0 Å². The van der Waals surface area contributed by atoms with Gasteiger partial charge in [0.05, 0.1) is 0 Å². The van der Waals surface area contributed by atoms with Crippen molar-refractivity contribution >= 4 is 22.9 Å². The summed E-state index contributed by atoms with van der Waals surface area (Å²) in [6.07, 6.45) is 0. The summed E-state index contributed by atoms with van der Waals surface area (Å²) >= 11 is 0. The van der Waals surface area contributed by atoms with Gasteiger partial charge < -0.3 is 25.7 Å². The number of hydrogen-bond donors (Lipinski definition) is 3. The van der Waals surface area contributed by atoms with E-state index >= 15 is 0 Å². The standard InChI is InChI=1S/C13H12N2O6/c14-5-9(15)13(19)20-7-2-1-6-3-8(11(16)17)12(18)21-10(6)4-7/h1-4,9H,5,14-15H2,(H,16,17)/t9-/m1/s1. The third kappa shape index (κ3) is 3.07. The van der Waals surface area contributed by atoms with Crippen LogP contribution in [0.1, 0.15) is 10.4 Å². The zero-order valence-corrected chi connectivity index (χ0v) is 10.7. The Morgan fingerprint density at radius 1 is 1.33 bits per heavy atom. The van der Waals surface area contributed by atoms with Gasteiger partial charge in [-0.3, -0.25) is 0 Å². The van der Waals surface area contributed by atoms with Crippen molar-refractivity contribution in [1.29, 1.82) is 0 Å². The van der Waals surface area contributed by atoms with Crippen LogP contribution in [-0.2, 0) is 4.79 Å². The Morgan fingerprint density at radius 3 is 2.67 bits per heavy atom.